The number of carbonyl (C=O) groups is 1. The van der Waals surface area contributed by atoms with Crippen LogP contribution in [0.15, 0.2) is 0 Å². The van der Waals surface area contributed by atoms with Gasteiger partial charge in [-0.15, -0.1) is 0 Å². The lowest BCUT2D eigenvalue weighted by Gasteiger charge is -2.22. The third kappa shape index (κ3) is 2.92. The molecule has 0 spiro atoms. The molecule has 4 heteroatoms. The molecule has 0 bridgehead atoms. The van der Waals surface area contributed by atoms with Crippen LogP contribution in [0.4, 0.5) is 0 Å². The number of ether oxygens (including phenoxy) is 1. The van der Waals surface area contributed by atoms with E-state index in [4.69, 9.17) is 4.74 Å². The van der Waals surface area contributed by atoms with Crippen LogP contribution >= 0.6 is 0 Å². The smallest absolute Gasteiger partial charge is 0.241 e. The lowest BCUT2D eigenvalue weighted by Crippen LogP contribution is -2.38. The summed E-state index contributed by atoms with van der Waals surface area (Å²) in [7, 11) is 0. The molecule has 2 unspecified atom stereocenters. The Morgan fingerprint density at radius 2 is 2.07 bits per heavy atom. The van der Waals surface area contributed by atoms with E-state index in [1.54, 1.807) is 0 Å². The predicted octanol–water partition coefficient (Wildman–Crippen LogP) is 0.969. The van der Waals surface area contributed by atoms with Gasteiger partial charge in [-0.2, -0.15) is 0 Å². The van der Waals surface area contributed by atoms with Crippen LogP contribution in [-0.2, 0) is 9.53 Å². The summed E-state index contributed by atoms with van der Waals surface area (Å²) in [6, 6.07) is 0.0107. The van der Waals surface area contributed by atoms with Crippen molar-refractivity contribution in [3.8, 4) is 0 Å². The van der Waals surface area contributed by atoms with Crippen LogP contribution in [0, 0.1) is 0 Å². The highest BCUT2D eigenvalue weighted by atomic mass is 16.5. The average Bonchev–Trinajstić information content (AvgIpc) is 2.56. The normalized spacial score (nSPS) is 26.3. The van der Waals surface area contributed by atoms with Crippen molar-refractivity contribution in [3.63, 3.8) is 0 Å². The number of amides is 1. The van der Waals surface area contributed by atoms with E-state index in [-0.39, 0.29) is 18.1 Å². The highest BCUT2D eigenvalue weighted by Crippen LogP contribution is 2.14. The predicted molar refractivity (Wildman–Crippen MR) is 59.5 cm³/mol. The maximum atomic E-state index is 11.9. The van der Waals surface area contributed by atoms with Gasteiger partial charge in [0, 0.05) is 13.2 Å². The van der Waals surface area contributed by atoms with Crippen LogP contribution in [0.25, 0.3) is 0 Å². The van der Waals surface area contributed by atoms with Crippen LogP contribution in [0.5, 0.6) is 0 Å². The molecule has 1 fully saturated rings. The van der Waals surface area contributed by atoms with Crippen LogP contribution in [0.2, 0.25) is 0 Å². The van der Waals surface area contributed by atoms with Crippen molar-refractivity contribution in [1.29, 1.82) is 0 Å². The maximum absolute atomic E-state index is 11.9. The molecule has 1 saturated heterocycles. The number of nitrogens with one attached hydrogen (secondary N) is 1. The molecular weight excluding hydrogens is 192 g/mol. The molecule has 15 heavy (non-hydrogen) atoms. The van der Waals surface area contributed by atoms with Crippen LogP contribution in [0.3, 0.4) is 0 Å². The van der Waals surface area contributed by atoms with Gasteiger partial charge in [0.05, 0.1) is 18.8 Å². The molecule has 1 aliphatic heterocycles. The van der Waals surface area contributed by atoms with E-state index >= 15 is 0 Å². The van der Waals surface area contributed by atoms with Gasteiger partial charge in [-0.3, -0.25) is 10.1 Å². The summed E-state index contributed by atoms with van der Waals surface area (Å²) in [5, 5.41) is 3.34. The SMILES string of the molecule is CCOCCN1C(=O)C(CC)NC1CC. The van der Waals surface area contributed by atoms with Crippen LogP contribution in [-0.4, -0.2) is 42.8 Å². The average molecular weight is 214 g/mol. The second kappa shape index (κ2) is 6.08. The lowest BCUT2D eigenvalue weighted by atomic mass is 10.2. The van der Waals surface area contributed by atoms with Gasteiger partial charge in [0.25, 0.3) is 0 Å². The quantitative estimate of drug-likeness (QED) is 0.670. The second-order valence-corrected chi connectivity index (χ2v) is 3.78. The van der Waals surface area contributed by atoms with Crippen LogP contribution in [0.1, 0.15) is 33.6 Å². The van der Waals surface area contributed by atoms with Gasteiger partial charge in [0.15, 0.2) is 0 Å². The van der Waals surface area contributed by atoms with Gasteiger partial charge in [-0.25, -0.2) is 0 Å². The van der Waals surface area contributed by atoms with Crippen molar-refractivity contribution in [2.45, 2.75) is 45.8 Å². The molecule has 1 rings (SSSR count). The van der Waals surface area contributed by atoms with E-state index in [1.165, 1.54) is 0 Å². The van der Waals surface area contributed by atoms with Gasteiger partial charge < -0.3 is 9.64 Å². The summed E-state index contributed by atoms with van der Waals surface area (Å²) in [6.45, 7) is 8.15. The first-order valence-electron chi connectivity index (χ1n) is 5.88. The molecular formula is C11H22N2O2. The Balaban J connectivity index is 2.48. The summed E-state index contributed by atoms with van der Waals surface area (Å²) in [6.07, 6.45) is 2.01. The molecule has 1 aliphatic rings. The van der Waals surface area contributed by atoms with E-state index in [1.807, 2.05) is 18.7 Å². The fraction of sp³-hybridized carbons (Fsp3) is 0.909. The Morgan fingerprint density at radius 3 is 2.60 bits per heavy atom. The van der Waals surface area contributed by atoms with E-state index in [2.05, 4.69) is 12.2 Å². The zero-order valence-corrected chi connectivity index (χ0v) is 9.95. The topological polar surface area (TPSA) is 41.6 Å². The largest absolute Gasteiger partial charge is 0.380 e. The second-order valence-electron chi connectivity index (χ2n) is 3.78. The third-order valence-corrected chi connectivity index (χ3v) is 2.83. The first kappa shape index (κ1) is 12.5. The molecule has 4 nitrogen and oxygen atoms in total. The molecule has 0 aliphatic carbocycles. The first-order chi connectivity index (χ1) is 7.24. The first-order valence-corrected chi connectivity index (χ1v) is 5.88. The standard InChI is InChI=1S/C11H22N2O2/c1-4-9-11(14)13(7-8-15-6-3)10(5-2)12-9/h9-10,12H,4-8H2,1-3H3. The Labute approximate surface area is 92.0 Å². The van der Waals surface area contributed by atoms with Crippen LogP contribution < -0.4 is 5.32 Å². The van der Waals surface area contributed by atoms with Gasteiger partial charge in [0.2, 0.25) is 5.91 Å². The van der Waals surface area contributed by atoms with Crippen molar-refractivity contribution in [2.24, 2.45) is 0 Å². The number of hydrogen-bond acceptors (Lipinski definition) is 3. The lowest BCUT2D eigenvalue weighted by molar-refractivity contribution is -0.130. The van der Waals surface area contributed by atoms with E-state index in [0.717, 1.165) is 12.8 Å². The van der Waals surface area contributed by atoms with Gasteiger partial charge >= 0.3 is 0 Å². The number of nitrogens with zero attached hydrogens (tertiary/aromatic N) is 1. The molecule has 0 aromatic carbocycles. The molecule has 2 atom stereocenters. The molecule has 0 aromatic rings. The number of rotatable bonds is 6. The maximum Gasteiger partial charge on any atom is 0.241 e. The van der Waals surface area contributed by atoms with Crippen molar-refractivity contribution >= 4 is 5.91 Å². The fourth-order valence-corrected chi connectivity index (χ4v) is 1.95. The van der Waals surface area contributed by atoms with Gasteiger partial charge in [0.1, 0.15) is 0 Å². The Hall–Kier alpha value is -0.610. The molecule has 0 radical (unpaired) electrons. The molecule has 0 saturated carbocycles. The minimum absolute atomic E-state index is 0.0107. The highest BCUT2D eigenvalue weighted by molar-refractivity contribution is 5.84. The summed E-state index contributed by atoms with van der Waals surface area (Å²) in [4.78, 5) is 13.8. The summed E-state index contributed by atoms with van der Waals surface area (Å²) >= 11 is 0. The minimum Gasteiger partial charge on any atom is -0.380 e. The Bertz CT molecular complexity index is 209. The molecule has 88 valence electrons. The minimum atomic E-state index is 0.0107. The highest BCUT2D eigenvalue weighted by Gasteiger charge is 2.36. The van der Waals surface area contributed by atoms with E-state index in [0.29, 0.717) is 19.8 Å². The van der Waals surface area contributed by atoms with Crippen molar-refractivity contribution in [3.05, 3.63) is 0 Å². The summed E-state index contributed by atoms with van der Waals surface area (Å²) in [5.74, 6) is 0.226. The van der Waals surface area contributed by atoms with Crippen molar-refractivity contribution in [2.75, 3.05) is 19.8 Å². The fourth-order valence-electron chi connectivity index (χ4n) is 1.95. The van der Waals surface area contributed by atoms with E-state index in [9.17, 15) is 4.79 Å². The zero-order valence-electron chi connectivity index (χ0n) is 9.95. The van der Waals surface area contributed by atoms with Crippen molar-refractivity contribution < 1.29 is 9.53 Å². The molecule has 1 amide bonds. The van der Waals surface area contributed by atoms with Gasteiger partial charge in [-0.05, 0) is 19.8 Å². The molecule has 1 heterocycles. The third-order valence-electron chi connectivity index (χ3n) is 2.83. The Kier molecular flexibility index (Phi) is 5.05. The monoisotopic (exact) mass is 214 g/mol. The summed E-state index contributed by atoms with van der Waals surface area (Å²) < 4.78 is 5.28. The summed E-state index contributed by atoms with van der Waals surface area (Å²) in [5.41, 5.74) is 0. The molecule has 1 N–H and O–H groups in total. The number of hydrogen-bond donors (Lipinski definition) is 1. The Morgan fingerprint density at radius 1 is 1.33 bits per heavy atom. The van der Waals surface area contributed by atoms with E-state index < -0.39 is 0 Å². The number of carbonyl (C=O) groups excluding carboxylic acids is 1. The van der Waals surface area contributed by atoms with Gasteiger partial charge in [-0.1, -0.05) is 13.8 Å². The van der Waals surface area contributed by atoms with Crippen molar-refractivity contribution in [1.82, 2.24) is 10.2 Å². The zero-order chi connectivity index (χ0) is 11.3. The molecule has 0 aromatic heterocycles.